The number of aromatic nitrogens is 2. The first kappa shape index (κ1) is 30.9. The van der Waals surface area contributed by atoms with Crippen molar-refractivity contribution in [3.05, 3.63) is 81.5 Å². The van der Waals surface area contributed by atoms with Crippen LogP contribution in [0.15, 0.2) is 48.7 Å². The lowest BCUT2D eigenvalue weighted by Crippen LogP contribution is -2.45. The summed E-state index contributed by atoms with van der Waals surface area (Å²) in [7, 11) is 0. The largest absolute Gasteiger partial charge is 0.389 e. The Hall–Kier alpha value is -3.03. The first-order valence-electron chi connectivity index (χ1n) is 13.2. The van der Waals surface area contributed by atoms with Gasteiger partial charge in [0.1, 0.15) is 17.0 Å². The fourth-order valence-corrected chi connectivity index (χ4v) is 6.01. The fourth-order valence-electron chi connectivity index (χ4n) is 5.67. The fraction of sp³-hybridized carbons (Fsp3) is 0.433. The molecule has 1 aliphatic heterocycles. The molecule has 7 nitrogen and oxygen atoms in total. The monoisotopic (exact) mass is 603 g/mol. The molecule has 0 aliphatic carbocycles. The van der Waals surface area contributed by atoms with E-state index >= 15 is 8.78 Å². The Kier molecular flexibility index (Phi) is 8.55. The minimum atomic E-state index is -1.73. The normalized spacial score (nSPS) is 22.9. The van der Waals surface area contributed by atoms with Crippen molar-refractivity contribution < 1.29 is 18.7 Å². The number of hydrogen-bond acceptors (Lipinski definition) is 5. The minimum Gasteiger partial charge on any atom is -0.389 e. The molecular formula is C30H33Cl2F2N5O2. The van der Waals surface area contributed by atoms with Gasteiger partial charge in [-0.1, -0.05) is 62.2 Å². The summed E-state index contributed by atoms with van der Waals surface area (Å²) in [6.07, 6.45) is 1.96. The van der Waals surface area contributed by atoms with Crippen molar-refractivity contribution in [2.45, 2.75) is 76.6 Å². The number of anilines is 1. The van der Waals surface area contributed by atoms with E-state index in [2.05, 4.69) is 21.8 Å². The molecule has 3 N–H and O–H groups in total. The molecule has 0 unspecified atom stereocenters. The smallest absolute Gasteiger partial charge is 0.243 e. The summed E-state index contributed by atoms with van der Waals surface area (Å²) in [5.74, 6) is -3.11. The van der Waals surface area contributed by atoms with Crippen molar-refractivity contribution in [2.24, 2.45) is 5.41 Å². The van der Waals surface area contributed by atoms with E-state index in [0.717, 1.165) is 6.07 Å². The van der Waals surface area contributed by atoms with E-state index in [-0.39, 0.29) is 38.9 Å². The Labute approximate surface area is 248 Å². The quantitative estimate of drug-likeness (QED) is 0.298. The van der Waals surface area contributed by atoms with Crippen LogP contribution in [0.2, 0.25) is 10.0 Å². The lowest BCUT2D eigenvalue weighted by Gasteiger charge is -2.37. The molecule has 0 saturated carbocycles. The highest BCUT2D eigenvalue weighted by Crippen LogP contribution is 2.52. The SMILES string of the molecule is CC(C)(C)C[C@@H]1N[C@@H](C(=O)Nc2ccn(CC(C)(C)O)n2)[C@H](c2cccc(Cl)c2F)[C@@]1(C#N)c1ccc(Cl)cc1F. The van der Waals surface area contributed by atoms with Crippen LogP contribution in [-0.4, -0.2) is 38.5 Å². The number of nitriles is 1. The maximum atomic E-state index is 15.7. The summed E-state index contributed by atoms with van der Waals surface area (Å²) in [6.45, 7) is 9.34. The minimum absolute atomic E-state index is 0.000260. The van der Waals surface area contributed by atoms with Crippen molar-refractivity contribution >= 4 is 34.9 Å². The zero-order valence-electron chi connectivity index (χ0n) is 23.5. The molecule has 3 aromatic rings. The molecule has 1 fully saturated rings. The number of nitrogens with one attached hydrogen (secondary N) is 2. The predicted octanol–water partition coefficient (Wildman–Crippen LogP) is 6.20. The molecular weight excluding hydrogens is 571 g/mol. The van der Waals surface area contributed by atoms with Gasteiger partial charge in [-0.3, -0.25) is 9.48 Å². The summed E-state index contributed by atoms with van der Waals surface area (Å²) >= 11 is 12.2. The summed E-state index contributed by atoms with van der Waals surface area (Å²) in [5.41, 5.74) is -3.12. The number of nitrogens with zero attached hydrogens (tertiary/aromatic N) is 3. The standard InChI is InChI=1S/C30H33Cl2F2N5O2/c1-28(2,3)14-22-30(15-35,19-10-9-17(31)13-21(19)33)24(18-7-6-8-20(32)25(18)34)26(36-22)27(40)37-23-11-12-39(38-23)16-29(4,5)41/h6-13,22,24,26,36,41H,14,16H2,1-5H3,(H,37,38,40)/t22-,24-,26+,30-/m0/s1. The lowest BCUT2D eigenvalue weighted by molar-refractivity contribution is -0.118. The van der Waals surface area contributed by atoms with Gasteiger partial charge in [0.25, 0.3) is 0 Å². The van der Waals surface area contributed by atoms with Crippen molar-refractivity contribution in [2.75, 3.05) is 5.32 Å². The van der Waals surface area contributed by atoms with Gasteiger partial charge in [-0.15, -0.1) is 0 Å². The molecule has 0 spiro atoms. The van der Waals surface area contributed by atoms with Crippen molar-refractivity contribution in [3.63, 3.8) is 0 Å². The van der Waals surface area contributed by atoms with Gasteiger partial charge in [-0.25, -0.2) is 8.78 Å². The Morgan fingerprint density at radius 3 is 2.51 bits per heavy atom. The summed E-state index contributed by atoms with van der Waals surface area (Å²) < 4.78 is 32.9. The van der Waals surface area contributed by atoms with Crippen LogP contribution in [0.1, 0.15) is 58.1 Å². The zero-order valence-corrected chi connectivity index (χ0v) is 25.0. The molecule has 1 aromatic heterocycles. The highest BCUT2D eigenvalue weighted by Gasteiger charge is 2.61. The topological polar surface area (TPSA) is 103 Å². The third kappa shape index (κ3) is 6.41. The number of carbonyl (C=O) groups excluding carboxylic acids is 1. The molecule has 4 atom stereocenters. The Balaban J connectivity index is 1.89. The number of aliphatic hydroxyl groups is 1. The number of halogens is 4. The van der Waals surface area contributed by atoms with Gasteiger partial charge < -0.3 is 15.7 Å². The molecule has 1 saturated heterocycles. The molecule has 1 amide bonds. The first-order chi connectivity index (χ1) is 19.1. The van der Waals surface area contributed by atoms with Crippen LogP contribution >= 0.6 is 23.2 Å². The lowest BCUT2D eigenvalue weighted by atomic mass is 9.62. The second-order valence-electron chi connectivity index (χ2n) is 12.4. The van der Waals surface area contributed by atoms with Crippen LogP contribution in [-0.2, 0) is 16.8 Å². The zero-order chi connectivity index (χ0) is 30.3. The highest BCUT2D eigenvalue weighted by atomic mass is 35.5. The summed E-state index contributed by atoms with van der Waals surface area (Å²) in [4.78, 5) is 13.9. The summed E-state index contributed by atoms with van der Waals surface area (Å²) in [6, 6.07) is 10.3. The van der Waals surface area contributed by atoms with Gasteiger partial charge in [0.2, 0.25) is 5.91 Å². The molecule has 2 heterocycles. The average Bonchev–Trinajstić information content (AvgIpc) is 3.40. The molecule has 0 bridgehead atoms. The van der Waals surface area contributed by atoms with E-state index in [0.29, 0.717) is 6.42 Å². The van der Waals surface area contributed by atoms with Gasteiger partial charge >= 0.3 is 0 Å². The number of benzene rings is 2. The number of hydrogen-bond donors (Lipinski definition) is 3. The van der Waals surface area contributed by atoms with Crippen molar-refractivity contribution in [1.29, 1.82) is 5.26 Å². The number of amides is 1. The van der Waals surface area contributed by atoms with Crippen LogP contribution < -0.4 is 10.6 Å². The summed E-state index contributed by atoms with van der Waals surface area (Å²) in [5, 5.41) is 31.3. The average molecular weight is 605 g/mol. The van der Waals surface area contributed by atoms with Crippen LogP contribution in [0.25, 0.3) is 0 Å². The number of rotatable bonds is 7. The van der Waals surface area contributed by atoms with Crippen LogP contribution in [0, 0.1) is 28.4 Å². The van der Waals surface area contributed by atoms with Crippen molar-refractivity contribution in [1.82, 2.24) is 15.1 Å². The van der Waals surface area contributed by atoms with Crippen LogP contribution in [0.3, 0.4) is 0 Å². The van der Waals surface area contributed by atoms with E-state index in [9.17, 15) is 15.2 Å². The van der Waals surface area contributed by atoms with Gasteiger partial charge in [0.15, 0.2) is 5.82 Å². The Morgan fingerprint density at radius 1 is 1.20 bits per heavy atom. The maximum absolute atomic E-state index is 15.7. The van der Waals surface area contributed by atoms with E-state index < -0.39 is 46.6 Å². The molecule has 0 radical (unpaired) electrons. The van der Waals surface area contributed by atoms with E-state index in [1.165, 1.54) is 35.0 Å². The van der Waals surface area contributed by atoms with Gasteiger partial charge in [0.05, 0.1) is 29.3 Å². The van der Waals surface area contributed by atoms with Gasteiger partial charge in [-0.2, -0.15) is 10.4 Å². The molecule has 4 rings (SSSR count). The van der Waals surface area contributed by atoms with E-state index in [1.54, 1.807) is 26.1 Å². The predicted molar refractivity (Wildman–Crippen MR) is 155 cm³/mol. The first-order valence-corrected chi connectivity index (χ1v) is 13.9. The third-order valence-corrected chi connectivity index (χ3v) is 7.70. The molecule has 11 heteroatoms. The third-order valence-electron chi connectivity index (χ3n) is 7.17. The van der Waals surface area contributed by atoms with Crippen molar-refractivity contribution in [3.8, 4) is 6.07 Å². The van der Waals surface area contributed by atoms with E-state index in [4.69, 9.17) is 23.2 Å². The molecule has 1 aliphatic rings. The number of carbonyl (C=O) groups is 1. The van der Waals surface area contributed by atoms with Gasteiger partial charge in [0, 0.05) is 34.8 Å². The second-order valence-corrected chi connectivity index (χ2v) is 13.2. The molecule has 41 heavy (non-hydrogen) atoms. The molecule has 2 aromatic carbocycles. The highest BCUT2D eigenvalue weighted by molar-refractivity contribution is 6.31. The second kappa shape index (κ2) is 11.3. The van der Waals surface area contributed by atoms with Crippen LogP contribution in [0.4, 0.5) is 14.6 Å². The molecule has 218 valence electrons. The van der Waals surface area contributed by atoms with Gasteiger partial charge in [-0.05, 0) is 49.4 Å². The van der Waals surface area contributed by atoms with Crippen LogP contribution in [0.5, 0.6) is 0 Å². The maximum Gasteiger partial charge on any atom is 0.243 e. The Bertz CT molecular complexity index is 1490. The Morgan fingerprint density at radius 2 is 1.90 bits per heavy atom. The van der Waals surface area contributed by atoms with E-state index in [1.807, 2.05) is 20.8 Å².